The monoisotopic (exact) mass is 397 g/mol. The normalized spacial score (nSPS) is 11.9. The van der Waals surface area contributed by atoms with Gasteiger partial charge in [0.2, 0.25) is 0 Å². The second kappa shape index (κ2) is 7.43. The average Bonchev–Trinajstić information content (AvgIpc) is 2.88. The Bertz CT molecular complexity index is 756. The van der Waals surface area contributed by atoms with E-state index in [1.54, 1.807) is 26.0 Å². The van der Waals surface area contributed by atoms with Crippen molar-refractivity contribution in [1.29, 1.82) is 0 Å². The fourth-order valence-electron chi connectivity index (χ4n) is 1.95. The lowest BCUT2D eigenvalue weighted by Gasteiger charge is -2.16. The molecule has 1 heterocycles. The zero-order valence-electron chi connectivity index (χ0n) is 12.4. The predicted molar refractivity (Wildman–Crippen MR) is 93.5 cm³/mol. The number of nitrogens with two attached hydrogens (primary N) is 1. The van der Waals surface area contributed by atoms with Crippen LogP contribution in [0.1, 0.15) is 13.8 Å². The molecule has 6 nitrogen and oxygen atoms in total. The SMILES string of the molecule is CCOP(=O)(OCC)c1cnn(-c2ccc(Cl)c(Cl)c2Cl)c1N. The van der Waals surface area contributed by atoms with Gasteiger partial charge in [0.1, 0.15) is 11.1 Å². The number of hydrogen-bond acceptors (Lipinski definition) is 5. The van der Waals surface area contributed by atoms with Gasteiger partial charge in [-0.3, -0.25) is 4.57 Å². The summed E-state index contributed by atoms with van der Waals surface area (Å²) in [7, 11) is -3.56. The Morgan fingerprint density at radius 1 is 1.17 bits per heavy atom. The maximum atomic E-state index is 12.8. The number of benzene rings is 1. The van der Waals surface area contributed by atoms with E-state index in [9.17, 15) is 4.57 Å². The molecule has 0 spiro atoms. The Hall–Kier alpha value is -0.750. The molecule has 23 heavy (non-hydrogen) atoms. The number of nitrogens with zero attached hydrogens (tertiary/aromatic N) is 2. The summed E-state index contributed by atoms with van der Waals surface area (Å²) in [4.78, 5) is 0. The van der Waals surface area contributed by atoms with Crippen molar-refractivity contribution < 1.29 is 13.6 Å². The maximum Gasteiger partial charge on any atom is 0.366 e. The molecule has 1 aromatic carbocycles. The first-order valence-electron chi connectivity index (χ1n) is 6.72. The lowest BCUT2D eigenvalue weighted by atomic mass is 10.3. The second-order valence-electron chi connectivity index (χ2n) is 4.35. The highest BCUT2D eigenvalue weighted by Crippen LogP contribution is 2.48. The summed E-state index contributed by atoms with van der Waals surface area (Å²) in [6.45, 7) is 3.83. The maximum absolute atomic E-state index is 12.8. The summed E-state index contributed by atoms with van der Waals surface area (Å²) < 4.78 is 24.7. The smallest absolute Gasteiger partial charge is 0.366 e. The van der Waals surface area contributed by atoms with E-state index in [-0.39, 0.29) is 34.4 Å². The van der Waals surface area contributed by atoms with Crippen LogP contribution in [-0.4, -0.2) is 23.0 Å². The quantitative estimate of drug-likeness (QED) is 0.579. The molecule has 2 N–H and O–H groups in total. The van der Waals surface area contributed by atoms with Crippen molar-refractivity contribution in [1.82, 2.24) is 9.78 Å². The van der Waals surface area contributed by atoms with Crippen LogP contribution in [0.25, 0.3) is 5.69 Å². The number of aromatic nitrogens is 2. The molecule has 2 aromatic rings. The lowest BCUT2D eigenvalue weighted by Crippen LogP contribution is -2.15. The van der Waals surface area contributed by atoms with Gasteiger partial charge in [-0.1, -0.05) is 34.8 Å². The molecular formula is C13H15Cl3N3O3P. The summed E-state index contributed by atoms with van der Waals surface area (Å²) in [5.41, 5.74) is 6.48. The van der Waals surface area contributed by atoms with E-state index in [1.165, 1.54) is 10.9 Å². The largest absolute Gasteiger partial charge is 0.383 e. The lowest BCUT2D eigenvalue weighted by molar-refractivity contribution is 0.230. The van der Waals surface area contributed by atoms with E-state index in [1.807, 2.05) is 0 Å². The van der Waals surface area contributed by atoms with E-state index in [0.717, 1.165) is 0 Å². The van der Waals surface area contributed by atoms with Crippen LogP contribution in [0.2, 0.25) is 15.1 Å². The molecule has 0 saturated heterocycles. The van der Waals surface area contributed by atoms with Crippen molar-refractivity contribution in [3.8, 4) is 5.69 Å². The standard InChI is InChI=1S/C13H15Cl3N3O3P/c1-3-21-23(20,22-4-2)10-7-18-19(13(10)17)9-6-5-8(14)11(15)12(9)16/h5-7H,3-4,17H2,1-2H3. The summed E-state index contributed by atoms with van der Waals surface area (Å²) >= 11 is 18.1. The third-order valence-electron chi connectivity index (χ3n) is 2.92. The minimum absolute atomic E-state index is 0.0931. The molecule has 0 unspecified atom stereocenters. The zero-order chi connectivity index (χ0) is 17.2. The van der Waals surface area contributed by atoms with Gasteiger partial charge in [-0.25, -0.2) is 4.68 Å². The molecular weight excluding hydrogens is 383 g/mol. The Morgan fingerprint density at radius 3 is 2.35 bits per heavy atom. The summed E-state index contributed by atoms with van der Waals surface area (Å²) in [6, 6.07) is 3.17. The van der Waals surface area contributed by atoms with Crippen molar-refractivity contribution in [3.05, 3.63) is 33.4 Å². The van der Waals surface area contributed by atoms with Gasteiger partial charge in [-0.2, -0.15) is 5.10 Å². The van der Waals surface area contributed by atoms with Gasteiger partial charge in [0.15, 0.2) is 0 Å². The molecule has 0 radical (unpaired) electrons. The minimum atomic E-state index is -3.56. The fraction of sp³-hybridized carbons (Fsp3) is 0.308. The molecule has 2 rings (SSSR count). The van der Waals surface area contributed by atoms with Crippen LogP contribution in [0, 0.1) is 0 Å². The Balaban J connectivity index is 2.56. The number of anilines is 1. The van der Waals surface area contributed by atoms with Crippen molar-refractivity contribution in [2.24, 2.45) is 0 Å². The number of hydrogen-bond donors (Lipinski definition) is 1. The van der Waals surface area contributed by atoms with Gasteiger partial charge >= 0.3 is 7.60 Å². The highest BCUT2D eigenvalue weighted by molar-refractivity contribution is 7.62. The van der Waals surface area contributed by atoms with Crippen LogP contribution in [-0.2, 0) is 13.6 Å². The zero-order valence-corrected chi connectivity index (χ0v) is 15.6. The molecule has 0 aliphatic carbocycles. The van der Waals surface area contributed by atoms with E-state index < -0.39 is 7.60 Å². The van der Waals surface area contributed by atoms with E-state index in [4.69, 9.17) is 49.6 Å². The summed E-state index contributed by atoms with van der Waals surface area (Å²) in [5, 5.41) is 4.96. The van der Waals surface area contributed by atoms with Crippen LogP contribution in [0.15, 0.2) is 18.3 Å². The third kappa shape index (κ3) is 3.53. The molecule has 0 aliphatic rings. The molecule has 10 heteroatoms. The first kappa shape index (κ1) is 18.6. The van der Waals surface area contributed by atoms with E-state index >= 15 is 0 Å². The van der Waals surface area contributed by atoms with Crippen LogP contribution in [0.3, 0.4) is 0 Å². The highest BCUT2D eigenvalue weighted by Gasteiger charge is 2.32. The predicted octanol–water partition coefficient (Wildman–Crippen LogP) is 4.31. The van der Waals surface area contributed by atoms with Crippen LogP contribution < -0.4 is 11.0 Å². The van der Waals surface area contributed by atoms with Crippen LogP contribution in [0.4, 0.5) is 5.82 Å². The van der Waals surface area contributed by atoms with Crippen molar-refractivity contribution >= 4 is 53.5 Å². The molecule has 0 aliphatic heterocycles. The Kier molecular flexibility index (Phi) is 6.00. The van der Waals surface area contributed by atoms with Crippen molar-refractivity contribution in [2.75, 3.05) is 18.9 Å². The number of rotatable bonds is 6. The minimum Gasteiger partial charge on any atom is -0.383 e. The average molecular weight is 399 g/mol. The summed E-state index contributed by atoms with van der Waals surface area (Å²) in [6.07, 6.45) is 1.33. The van der Waals surface area contributed by atoms with Crippen LogP contribution in [0.5, 0.6) is 0 Å². The first-order valence-corrected chi connectivity index (χ1v) is 9.40. The second-order valence-corrected chi connectivity index (χ2v) is 7.51. The Labute approximate surface area is 148 Å². The molecule has 1 aromatic heterocycles. The highest BCUT2D eigenvalue weighted by atomic mass is 35.5. The van der Waals surface area contributed by atoms with Gasteiger partial charge in [-0.15, -0.1) is 0 Å². The topological polar surface area (TPSA) is 79.4 Å². The fourth-order valence-corrected chi connectivity index (χ4v) is 4.16. The molecule has 0 atom stereocenters. The van der Waals surface area contributed by atoms with Gasteiger partial charge in [0, 0.05) is 0 Å². The Morgan fingerprint density at radius 2 is 1.78 bits per heavy atom. The molecule has 0 bridgehead atoms. The molecule has 126 valence electrons. The van der Waals surface area contributed by atoms with Crippen molar-refractivity contribution in [3.63, 3.8) is 0 Å². The first-order chi connectivity index (χ1) is 10.9. The van der Waals surface area contributed by atoms with Gasteiger partial charge in [0.25, 0.3) is 0 Å². The molecule has 0 saturated carbocycles. The number of halogens is 3. The third-order valence-corrected chi connectivity index (χ3v) is 6.34. The van der Waals surface area contributed by atoms with E-state index in [0.29, 0.717) is 10.7 Å². The van der Waals surface area contributed by atoms with Gasteiger partial charge in [0.05, 0.1) is 40.2 Å². The van der Waals surface area contributed by atoms with Gasteiger partial charge < -0.3 is 14.8 Å². The number of nitrogen functional groups attached to an aromatic ring is 1. The van der Waals surface area contributed by atoms with E-state index in [2.05, 4.69) is 5.10 Å². The van der Waals surface area contributed by atoms with Crippen molar-refractivity contribution in [2.45, 2.75) is 13.8 Å². The molecule has 0 amide bonds. The van der Waals surface area contributed by atoms with Crippen LogP contribution >= 0.6 is 42.4 Å². The summed E-state index contributed by atoms with van der Waals surface area (Å²) in [5.74, 6) is 0.0931. The van der Waals surface area contributed by atoms with Gasteiger partial charge in [-0.05, 0) is 26.0 Å². The molecule has 0 fully saturated rings.